The van der Waals surface area contributed by atoms with Gasteiger partial charge in [0.15, 0.2) is 0 Å². The van der Waals surface area contributed by atoms with Crippen LogP contribution >= 0.6 is 0 Å². The van der Waals surface area contributed by atoms with Gasteiger partial charge < -0.3 is 5.32 Å². The molecule has 2 heteroatoms. The van der Waals surface area contributed by atoms with Crippen LogP contribution in [0.2, 0.25) is 0 Å². The molecular formula is C21H36N2. The molecule has 0 aromatic carbocycles. The summed E-state index contributed by atoms with van der Waals surface area (Å²) >= 11 is 0. The smallest absolute Gasteiger partial charge is 0.100 e. The van der Waals surface area contributed by atoms with Crippen molar-refractivity contribution in [3.05, 3.63) is 0 Å². The predicted molar refractivity (Wildman–Crippen MR) is 97.7 cm³/mol. The molecule has 0 saturated heterocycles. The Labute approximate surface area is 142 Å². The number of nitrogens with one attached hydrogen (secondary N) is 1. The topological polar surface area (TPSA) is 24.4 Å². The molecule has 23 heavy (non-hydrogen) atoms. The fraction of sp³-hybridized carbons (Fsp3) is 0.952. The first-order valence-corrected chi connectivity index (χ1v) is 10.5. The molecule has 1 N–H and O–H groups in total. The molecular weight excluding hydrogens is 280 g/mol. The van der Waals surface area contributed by atoms with Gasteiger partial charge in [0.1, 0.15) is 5.84 Å². The van der Waals surface area contributed by atoms with E-state index >= 15 is 0 Å². The van der Waals surface area contributed by atoms with Crippen molar-refractivity contribution < 1.29 is 0 Å². The van der Waals surface area contributed by atoms with Gasteiger partial charge in [-0.1, -0.05) is 46.0 Å². The summed E-state index contributed by atoms with van der Waals surface area (Å²) < 4.78 is 0. The zero-order chi connectivity index (χ0) is 15.8. The van der Waals surface area contributed by atoms with Gasteiger partial charge in [-0.15, -0.1) is 0 Å². The average molecular weight is 317 g/mol. The molecule has 3 aliphatic carbocycles. The molecule has 0 bridgehead atoms. The highest BCUT2D eigenvalue weighted by Gasteiger charge is 2.39. The van der Waals surface area contributed by atoms with Gasteiger partial charge in [-0.3, -0.25) is 4.99 Å². The lowest BCUT2D eigenvalue weighted by atomic mass is 9.71. The van der Waals surface area contributed by atoms with E-state index in [0.29, 0.717) is 12.1 Å². The summed E-state index contributed by atoms with van der Waals surface area (Å²) in [6.45, 7) is 4.85. The quantitative estimate of drug-likeness (QED) is 0.746. The number of aliphatic imine (C=N–C) groups is 1. The minimum atomic E-state index is 0.590. The third kappa shape index (κ3) is 3.33. The Morgan fingerprint density at radius 1 is 0.783 bits per heavy atom. The van der Waals surface area contributed by atoms with E-state index in [9.17, 15) is 0 Å². The van der Waals surface area contributed by atoms with E-state index in [1.165, 1.54) is 76.5 Å². The first-order valence-electron chi connectivity index (χ1n) is 10.5. The van der Waals surface area contributed by atoms with E-state index in [4.69, 9.17) is 4.99 Å². The van der Waals surface area contributed by atoms with Crippen molar-refractivity contribution in [2.24, 2.45) is 34.6 Å². The van der Waals surface area contributed by atoms with Gasteiger partial charge >= 0.3 is 0 Å². The maximum atomic E-state index is 5.16. The molecule has 4 atom stereocenters. The largest absolute Gasteiger partial charge is 0.369 e. The van der Waals surface area contributed by atoms with Crippen molar-refractivity contribution in [1.29, 1.82) is 0 Å². The first-order chi connectivity index (χ1) is 11.2. The molecule has 4 aliphatic rings. The molecule has 4 unspecified atom stereocenters. The predicted octanol–water partition coefficient (Wildman–Crippen LogP) is 5.18. The van der Waals surface area contributed by atoms with Gasteiger partial charge in [0, 0.05) is 12.0 Å². The van der Waals surface area contributed by atoms with Crippen LogP contribution in [0.4, 0.5) is 0 Å². The van der Waals surface area contributed by atoms with Gasteiger partial charge in [-0.25, -0.2) is 0 Å². The molecule has 3 fully saturated rings. The van der Waals surface area contributed by atoms with Gasteiger partial charge in [0.2, 0.25) is 0 Å². The minimum absolute atomic E-state index is 0.590. The van der Waals surface area contributed by atoms with Crippen LogP contribution in [0, 0.1) is 29.6 Å². The van der Waals surface area contributed by atoms with Crippen molar-refractivity contribution in [2.75, 3.05) is 0 Å². The zero-order valence-corrected chi connectivity index (χ0v) is 15.3. The second kappa shape index (κ2) is 6.76. The summed E-state index contributed by atoms with van der Waals surface area (Å²) in [5.74, 6) is 5.97. The van der Waals surface area contributed by atoms with Crippen LogP contribution < -0.4 is 5.32 Å². The molecule has 0 aromatic heterocycles. The highest BCUT2D eigenvalue weighted by molar-refractivity contribution is 5.87. The fourth-order valence-electron chi connectivity index (χ4n) is 5.96. The lowest BCUT2D eigenvalue weighted by molar-refractivity contribution is 0.183. The summed E-state index contributed by atoms with van der Waals surface area (Å²) in [4.78, 5) is 5.16. The standard InChI is InChI=1S/C21H36N2/c1-14-12-19-20(13-15(14)2)23-21(22-19)18-10-8-17(9-11-18)16-6-4-3-5-7-16/h14-20H,3-13H2,1-2H3,(H,22,23). The van der Waals surface area contributed by atoms with Crippen molar-refractivity contribution in [3.8, 4) is 0 Å². The number of nitrogens with zero attached hydrogens (tertiary/aromatic N) is 1. The van der Waals surface area contributed by atoms with E-state index < -0.39 is 0 Å². The normalized spacial score (nSPS) is 45.2. The summed E-state index contributed by atoms with van der Waals surface area (Å²) in [6.07, 6.45) is 15.9. The van der Waals surface area contributed by atoms with Crippen molar-refractivity contribution >= 4 is 5.84 Å². The summed E-state index contributed by atoms with van der Waals surface area (Å²) in [5.41, 5.74) is 0. The summed E-state index contributed by atoms with van der Waals surface area (Å²) in [5, 5.41) is 3.86. The fourth-order valence-corrected chi connectivity index (χ4v) is 5.96. The monoisotopic (exact) mass is 316 g/mol. The first kappa shape index (κ1) is 16.0. The maximum absolute atomic E-state index is 5.16. The number of amidine groups is 1. The van der Waals surface area contributed by atoms with Crippen LogP contribution in [0.25, 0.3) is 0 Å². The van der Waals surface area contributed by atoms with E-state index in [0.717, 1.165) is 29.6 Å². The molecule has 1 heterocycles. The Balaban J connectivity index is 1.31. The second-order valence-electron chi connectivity index (χ2n) is 9.27. The number of rotatable bonds is 2. The Morgan fingerprint density at radius 2 is 1.43 bits per heavy atom. The Kier molecular flexibility index (Phi) is 4.70. The van der Waals surface area contributed by atoms with E-state index in [1.54, 1.807) is 0 Å². The van der Waals surface area contributed by atoms with Gasteiger partial charge in [0.25, 0.3) is 0 Å². The number of hydrogen-bond donors (Lipinski definition) is 1. The molecule has 0 aromatic rings. The van der Waals surface area contributed by atoms with Gasteiger partial charge in [0.05, 0.1) is 6.04 Å². The summed E-state index contributed by atoms with van der Waals surface area (Å²) in [6, 6.07) is 1.25. The highest BCUT2D eigenvalue weighted by atomic mass is 15.1. The molecule has 4 rings (SSSR count). The van der Waals surface area contributed by atoms with Crippen LogP contribution in [0.1, 0.15) is 84.5 Å². The molecule has 2 nitrogen and oxygen atoms in total. The molecule has 0 radical (unpaired) electrons. The van der Waals surface area contributed by atoms with Gasteiger partial charge in [-0.05, 0) is 62.2 Å². The third-order valence-electron chi connectivity index (χ3n) is 7.79. The van der Waals surface area contributed by atoms with E-state index in [1.807, 2.05) is 0 Å². The zero-order valence-electron chi connectivity index (χ0n) is 15.3. The van der Waals surface area contributed by atoms with Crippen molar-refractivity contribution in [2.45, 2.75) is 96.6 Å². The minimum Gasteiger partial charge on any atom is -0.369 e. The highest BCUT2D eigenvalue weighted by Crippen LogP contribution is 2.41. The third-order valence-corrected chi connectivity index (χ3v) is 7.79. The van der Waals surface area contributed by atoms with Crippen LogP contribution in [0.5, 0.6) is 0 Å². The number of hydrogen-bond acceptors (Lipinski definition) is 2. The second-order valence-corrected chi connectivity index (χ2v) is 9.27. The molecule has 3 saturated carbocycles. The molecule has 1 aliphatic heterocycles. The van der Waals surface area contributed by atoms with Crippen LogP contribution in [-0.2, 0) is 0 Å². The average Bonchev–Trinajstić information content (AvgIpc) is 2.99. The van der Waals surface area contributed by atoms with Crippen molar-refractivity contribution in [3.63, 3.8) is 0 Å². The SMILES string of the molecule is CC1CC2N=C(C3CCC(C4CCCCC4)CC3)NC2CC1C. The lowest BCUT2D eigenvalue weighted by Crippen LogP contribution is -2.43. The molecule has 0 amide bonds. The Hall–Kier alpha value is -0.530. The Bertz CT molecular complexity index is 429. The summed E-state index contributed by atoms with van der Waals surface area (Å²) in [7, 11) is 0. The molecule has 130 valence electrons. The maximum Gasteiger partial charge on any atom is 0.100 e. The van der Waals surface area contributed by atoms with E-state index in [2.05, 4.69) is 19.2 Å². The van der Waals surface area contributed by atoms with Crippen LogP contribution in [-0.4, -0.2) is 17.9 Å². The Morgan fingerprint density at radius 3 is 2.17 bits per heavy atom. The van der Waals surface area contributed by atoms with Crippen LogP contribution in [0.15, 0.2) is 4.99 Å². The van der Waals surface area contributed by atoms with Crippen LogP contribution in [0.3, 0.4) is 0 Å². The molecule has 0 spiro atoms. The van der Waals surface area contributed by atoms with Crippen molar-refractivity contribution in [1.82, 2.24) is 5.32 Å². The number of fused-ring (bicyclic) bond motifs is 1. The van der Waals surface area contributed by atoms with Gasteiger partial charge in [-0.2, -0.15) is 0 Å². The lowest BCUT2D eigenvalue weighted by Gasteiger charge is -2.36. The van der Waals surface area contributed by atoms with E-state index in [-0.39, 0.29) is 0 Å².